The van der Waals surface area contributed by atoms with Crippen molar-refractivity contribution in [2.24, 2.45) is 11.7 Å². The van der Waals surface area contributed by atoms with Crippen LogP contribution < -0.4 is 5.73 Å². The van der Waals surface area contributed by atoms with E-state index in [0.29, 0.717) is 17.9 Å². The summed E-state index contributed by atoms with van der Waals surface area (Å²) in [4.78, 5) is 0. The van der Waals surface area contributed by atoms with Crippen molar-refractivity contribution in [3.63, 3.8) is 0 Å². The molecule has 0 saturated carbocycles. The van der Waals surface area contributed by atoms with E-state index in [0.717, 1.165) is 24.0 Å². The van der Waals surface area contributed by atoms with Crippen LogP contribution in [0.5, 0.6) is 0 Å². The average Bonchev–Trinajstić information content (AvgIpc) is 2.93. The van der Waals surface area contributed by atoms with Crippen molar-refractivity contribution < 1.29 is 9.13 Å². The van der Waals surface area contributed by atoms with E-state index in [9.17, 15) is 4.39 Å². The second-order valence-electron chi connectivity index (χ2n) is 4.83. The van der Waals surface area contributed by atoms with Crippen LogP contribution in [-0.2, 0) is 4.74 Å². The highest BCUT2D eigenvalue weighted by Gasteiger charge is 2.25. The van der Waals surface area contributed by atoms with Gasteiger partial charge in [0.25, 0.3) is 0 Å². The van der Waals surface area contributed by atoms with Gasteiger partial charge >= 0.3 is 0 Å². The van der Waals surface area contributed by atoms with Crippen molar-refractivity contribution in [1.29, 1.82) is 0 Å². The summed E-state index contributed by atoms with van der Waals surface area (Å²) in [7, 11) is 0. The predicted molar refractivity (Wildman–Crippen MR) is 69.8 cm³/mol. The lowest BCUT2D eigenvalue weighted by molar-refractivity contribution is 0.181. The molecule has 1 aliphatic heterocycles. The average molecular weight is 245 g/mol. The van der Waals surface area contributed by atoms with Gasteiger partial charge in [0.15, 0.2) is 0 Å². The molecule has 0 radical (unpaired) electrons. The topological polar surface area (TPSA) is 35.2 Å². The number of halogens is 1. The fraction of sp³-hybridized carbons (Fsp3) is 0.333. The number of nitrogens with two attached hydrogens (primary N) is 1. The first-order chi connectivity index (χ1) is 8.77. The van der Waals surface area contributed by atoms with E-state index in [1.165, 1.54) is 6.07 Å². The second kappa shape index (κ2) is 4.67. The Bertz CT molecular complexity index is 563. The highest BCUT2D eigenvalue weighted by atomic mass is 19.1. The van der Waals surface area contributed by atoms with Gasteiger partial charge in [0.05, 0.1) is 6.61 Å². The second-order valence-corrected chi connectivity index (χ2v) is 4.83. The largest absolute Gasteiger partial charge is 0.381 e. The summed E-state index contributed by atoms with van der Waals surface area (Å²) in [6.45, 7) is 1.48. The zero-order valence-corrected chi connectivity index (χ0v) is 10.1. The molecule has 94 valence electrons. The highest BCUT2D eigenvalue weighted by Crippen LogP contribution is 2.32. The molecule has 2 aromatic rings. The van der Waals surface area contributed by atoms with Crippen LogP contribution in [0.4, 0.5) is 4.39 Å². The van der Waals surface area contributed by atoms with Crippen LogP contribution in [0.15, 0.2) is 36.4 Å². The normalized spacial score (nSPS) is 21.3. The van der Waals surface area contributed by atoms with Crippen LogP contribution in [-0.4, -0.2) is 13.2 Å². The van der Waals surface area contributed by atoms with E-state index in [1.807, 2.05) is 18.2 Å². The third kappa shape index (κ3) is 1.89. The van der Waals surface area contributed by atoms with Gasteiger partial charge in [-0.05, 0) is 23.4 Å². The third-order valence-corrected chi connectivity index (χ3v) is 3.74. The van der Waals surface area contributed by atoms with Gasteiger partial charge in [-0.15, -0.1) is 0 Å². The molecule has 3 rings (SSSR count). The number of hydrogen-bond acceptors (Lipinski definition) is 2. The number of rotatable bonds is 2. The van der Waals surface area contributed by atoms with Crippen molar-refractivity contribution in [2.45, 2.75) is 12.5 Å². The zero-order chi connectivity index (χ0) is 12.5. The number of ether oxygens (including phenoxy) is 1. The van der Waals surface area contributed by atoms with E-state index < -0.39 is 0 Å². The Balaban J connectivity index is 2.08. The molecule has 0 aliphatic carbocycles. The van der Waals surface area contributed by atoms with E-state index >= 15 is 0 Å². The van der Waals surface area contributed by atoms with Crippen molar-refractivity contribution in [3.05, 3.63) is 47.8 Å². The lowest BCUT2D eigenvalue weighted by Crippen LogP contribution is -2.21. The van der Waals surface area contributed by atoms with Crippen LogP contribution >= 0.6 is 0 Å². The molecule has 3 heteroatoms. The van der Waals surface area contributed by atoms with Gasteiger partial charge in [0.2, 0.25) is 0 Å². The quantitative estimate of drug-likeness (QED) is 0.882. The summed E-state index contributed by atoms with van der Waals surface area (Å²) >= 11 is 0. The molecule has 0 bridgehead atoms. The molecule has 0 spiro atoms. The molecule has 18 heavy (non-hydrogen) atoms. The van der Waals surface area contributed by atoms with Gasteiger partial charge < -0.3 is 10.5 Å². The molecule has 2 nitrogen and oxygen atoms in total. The minimum absolute atomic E-state index is 0.0852. The standard InChI is InChI=1S/C15H16FNO/c16-14-6-5-13(11-3-1-2-4-12(11)14)15(17)10-7-8-18-9-10/h1-6,10,15H,7-9,17H2. The fourth-order valence-corrected chi connectivity index (χ4v) is 2.67. The minimum atomic E-state index is -0.191. The van der Waals surface area contributed by atoms with Crippen molar-refractivity contribution >= 4 is 10.8 Å². The smallest absolute Gasteiger partial charge is 0.131 e. The number of benzene rings is 2. The maximum atomic E-state index is 13.7. The molecule has 2 N–H and O–H groups in total. The van der Waals surface area contributed by atoms with Gasteiger partial charge in [0, 0.05) is 24.0 Å². The molecule has 1 saturated heterocycles. The zero-order valence-electron chi connectivity index (χ0n) is 10.1. The molecule has 2 aromatic carbocycles. The van der Waals surface area contributed by atoms with Gasteiger partial charge in [-0.1, -0.05) is 30.3 Å². The Kier molecular flexibility index (Phi) is 3.02. The molecule has 1 heterocycles. The summed E-state index contributed by atoms with van der Waals surface area (Å²) in [6, 6.07) is 10.7. The first-order valence-corrected chi connectivity index (χ1v) is 6.28. The van der Waals surface area contributed by atoms with Crippen LogP contribution in [0.2, 0.25) is 0 Å². The molecule has 0 amide bonds. The lowest BCUT2D eigenvalue weighted by atomic mass is 9.90. The third-order valence-electron chi connectivity index (χ3n) is 3.74. The molecule has 1 fully saturated rings. The van der Waals surface area contributed by atoms with Crippen LogP contribution in [0.1, 0.15) is 18.0 Å². The lowest BCUT2D eigenvalue weighted by Gasteiger charge is -2.20. The Morgan fingerprint density at radius 3 is 2.67 bits per heavy atom. The predicted octanol–water partition coefficient (Wildman–Crippen LogP) is 3.02. The van der Waals surface area contributed by atoms with Gasteiger partial charge in [-0.2, -0.15) is 0 Å². The van der Waals surface area contributed by atoms with Gasteiger partial charge in [-0.3, -0.25) is 0 Å². The van der Waals surface area contributed by atoms with Crippen molar-refractivity contribution in [3.8, 4) is 0 Å². The van der Waals surface area contributed by atoms with Crippen LogP contribution in [0, 0.1) is 11.7 Å². The molecule has 2 unspecified atom stereocenters. The number of hydrogen-bond donors (Lipinski definition) is 1. The molecule has 1 aliphatic rings. The maximum absolute atomic E-state index is 13.7. The Morgan fingerprint density at radius 1 is 1.17 bits per heavy atom. The van der Waals surface area contributed by atoms with Crippen molar-refractivity contribution in [2.75, 3.05) is 13.2 Å². The van der Waals surface area contributed by atoms with E-state index in [1.54, 1.807) is 12.1 Å². The molecule has 2 atom stereocenters. The fourth-order valence-electron chi connectivity index (χ4n) is 2.67. The van der Waals surface area contributed by atoms with Crippen LogP contribution in [0.3, 0.4) is 0 Å². The highest BCUT2D eigenvalue weighted by molar-refractivity contribution is 5.86. The Morgan fingerprint density at radius 2 is 1.94 bits per heavy atom. The van der Waals surface area contributed by atoms with Crippen molar-refractivity contribution in [1.82, 2.24) is 0 Å². The van der Waals surface area contributed by atoms with Gasteiger partial charge in [-0.25, -0.2) is 4.39 Å². The van der Waals surface area contributed by atoms with Crippen LogP contribution in [0.25, 0.3) is 10.8 Å². The molecular formula is C15H16FNO. The first-order valence-electron chi connectivity index (χ1n) is 6.28. The Hall–Kier alpha value is -1.45. The summed E-state index contributed by atoms with van der Waals surface area (Å²) in [5.74, 6) is 0.142. The van der Waals surface area contributed by atoms with E-state index in [-0.39, 0.29) is 11.9 Å². The van der Waals surface area contributed by atoms with E-state index in [2.05, 4.69) is 0 Å². The summed E-state index contributed by atoms with van der Waals surface area (Å²) < 4.78 is 19.1. The summed E-state index contributed by atoms with van der Waals surface area (Å²) in [6.07, 6.45) is 0.979. The molecular weight excluding hydrogens is 229 g/mol. The monoisotopic (exact) mass is 245 g/mol. The summed E-state index contributed by atoms with van der Waals surface area (Å²) in [5.41, 5.74) is 7.33. The van der Waals surface area contributed by atoms with Gasteiger partial charge in [0.1, 0.15) is 5.82 Å². The maximum Gasteiger partial charge on any atom is 0.131 e. The Labute approximate surface area is 106 Å². The number of fused-ring (bicyclic) bond motifs is 1. The minimum Gasteiger partial charge on any atom is -0.381 e. The summed E-state index contributed by atoms with van der Waals surface area (Å²) in [5, 5.41) is 1.56. The SMILES string of the molecule is NC(c1ccc(F)c2ccccc12)C1CCOC1. The molecule has 0 aromatic heterocycles. The van der Waals surface area contributed by atoms with E-state index in [4.69, 9.17) is 10.5 Å². The first kappa shape index (κ1) is 11.6.